The number of ether oxygens (including phenoxy) is 1. The number of carbonyl (C=O) groups excluding carboxylic acids is 4. The van der Waals surface area contributed by atoms with Gasteiger partial charge in [0.15, 0.2) is 11.7 Å². The van der Waals surface area contributed by atoms with Crippen molar-refractivity contribution in [1.29, 1.82) is 0 Å². The van der Waals surface area contributed by atoms with E-state index in [1.807, 2.05) is 25.7 Å². The van der Waals surface area contributed by atoms with Gasteiger partial charge in [0.25, 0.3) is 5.91 Å². The van der Waals surface area contributed by atoms with Crippen molar-refractivity contribution in [3.8, 4) is 0 Å². The number of aliphatic imine (C=N–C) groups is 1. The van der Waals surface area contributed by atoms with Gasteiger partial charge in [0.1, 0.15) is 16.5 Å². The van der Waals surface area contributed by atoms with E-state index >= 15 is 0 Å². The molecule has 6 N–H and O–H groups in total. The Morgan fingerprint density at radius 2 is 2.00 bits per heavy atom. The first-order valence-electron chi connectivity index (χ1n) is 11.0. The molecular formula is C21H33N7O5S. The molecule has 12 nitrogen and oxygen atoms in total. The number of likely N-dealkylation sites (tertiary alicyclic amines) is 1. The van der Waals surface area contributed by atoms with Crippen LogP contribution in [0.3, 0.4) is 0 Å². The van der Waals surface area contributed by atoms with Crippen LogP contribution in [0.2, 0.25) is 0 Å². The lowest BCUT2D eigenvalue weighted by Gasteiger charge is -2.32. The molecule has 1 aromatic heterocycles. The number of piperidine rings is 1. The number of thiazole rings is 1. The van der Waals surface area contributed by atoms with Gasteiger partial charge in [0, 0.05) is 25.9 Å². The van der Waals surface area contributed by atoms with Crippen molar-refractivity contribution in [2.24, 2.45) is 16.5 Å². The summed E-state index contributed by atoms with van der Waals surface area (Å²) in [5.41, 5.74) is 10.6. The molecule has 2 rings (SSSR count). The summed E-state index contributed by atoms with van der Waals surface area (Å²) < 4.78 is 5.30. The maximum Gasteiger partial charge on any atom is 0.306 e. The molecule has 1 aromatic rings. The van der Waals surface area contributed by atoms with E-state index in [4.69, 9.17) is 16.2 Å². The summed E-state index contributed by atoms with van der Waals surface area (Å²) in [7, 11) is 0. The highest BCUT2D eigenvalue weighted by molar-refractivity contribution is 7.17. The summed E-state index contributed by atoms with van der Waals surface area (Å²) in [6.45, 7) is 8.32. The van der Waals surface area contributed by atoms with Crippen molar-refractivity contribution < 1.29 is 23.9 Å². The van der Waals surface area contributed by atoms with Crippen molar-refractivity contribution >= 4 is 46.0 Å². The number of rotatable bonds is 9. The average molecular weight is 496 g/mol. The molecule has 1 aliphatic heterocycles. The summed E-state index contributed by atoms with van der Waals surface area (Å²) >= 11 is 1.00. The van der Waals surface area contributed by atoms with Gasteiger partial charge in [0.2, 0.25) is 11.0 Å². The molecule has 0 spiro atoms. The Hall–Kier alpha value is -3.06. The number of hydrogen-bond donors (Lipinski definition) is 4. The monoisotopic (exact) mass is 495 g/mol. The van der Waals surface area contributed by atoms with Gasteiger partial charge in [-0.2, -0.15) is 4.99 Å². The van der Waals surface area contributed by atoms with Crippen LogP contribution in [-0.2, 0) is 19.1 Å². The number of nitrogens with zero attached hydrogens (tertiary/aromatic N) is 3. The number of aromatic nitrogens is 1. The number of esters is 1. The molecular weight excluding hydrogens is 462 g/mol. The van der Waals surface area contributed by atoms with E-state index in [1.165, 1.54) is 0 Å². The third-order valence-electron chi connectivity index (χ3n) is 4.74. The summed E-state index contributed by atoms with van der Waals surface area (Å²) in [6, 6.07) is -0.668. The molecule has 34 heavy (non-hydrogen) atoms. The molecule has 2 heterocycles. The van der Waals surface area contributed by atoms with Gasteiger partial charge < -0.3 is 31.7 Å². The third kappa shape index (κ3) is 9.06. The lowest BCUT2D eigenvalue weighted by Crippen LogP contribution is -2.54. The second-order valence-corrected chi connectivity index (χ2v) is 9.93. The van der Waals surface area contributed by atoms with Crippen LogP contribution >= 0.6 is 11.3 Å². The Bertz CT molecular complexity index is 950. The van der Waals surface area contributed by atoms with Crippen molar-refractivity contribution in [3.05, 3.63) is 10.6 Å². The van der Waals surface area contributed by atoms with E-state index in [9.17, 15) is 19.2 Å². The largest absolute Gasteiger partial charge is 0.460 e. The number of hydrogen-bond acceptors (Lipinski definition) is 9. The summed E-state index contributed by atoms with van der Waals surface area (Å²) in [5.74, 6) is -1.46. The third-order valence-corrected chi connectivity index (χ3v) is 5.79. The van der Waals surface area contributed by atoms with Gasteiger partial charge in [-0.15, -0.1) is 0 Å². The zero-order valence-electron chi connectivity index (χ0n) is 20.0. The summed E-state index contributed by atoms with van der Waals surface area (Å²) in [5, 5.41) is 5.44. The smallest absolute Gasteiger partial charge is 0.306 e. The highest BCUT2D eigenvalue weighted by atomic mass is 32.1. The quantitative estimate of drug-likeness (QED) is 0.208. The first-order chi connectivity index (χ1) is 15.8. The zero-order chi connectivity index (χ0) is 25.5. The molecule has 1 saturated heterocycles. The average Bonchev–Trinajstić information content (AvgIpc) is 3.06. The number of aryl methyl sites for hydroxylation is 1. The Morgan fingerprint density at radius 3 is 2.65 bits per heavy atom. The molecule has 188 valence electrons. The van der Waals surface area contributed by atoms with Gasteiger partial charge in [-0.25, -0.2) is 4.98 Å². The molecule has 0 unspecified atom stereocenters. The zero-order valence-corrected chi connectivity index (χ0v) is 20.8. The maximum absolute atomic E-state index is 12.4. The molecule has 1 atom stereocenters. The fourth-order valence-corrected chi connectivity index (χ4v) is 4.17. The van der Waals surface area contributed by atoms with Crippen molar-refractivity contribution in [1.82, 2.24) is 20.5 Å². The Morgan fingerprint density at radius 1 is 1.29 bits per heavy atom. The first-order valence-corrected chi connectivity index (χ1v) is 11.8. The first kappa shape index (κ1) is 27.2. The molecule has 0 bridgehead atoms. The van der Waals surface area contributed by atoms with E-state index in [0.29, 0.717) is 38.2 Å². The maximum atomic E-state index is 12.4. The number of amides is 2. The van der Waals surface area contributed by atoms with Gasteiger partial charge in [-0.05, 0) is 40.7 Å². The predicted molar refractivity (Wildman–Crippen MR) is 128 cm³/mol. The normalized spacial score (nSPS) is 16.6. The van der Waals surface area contributed by atoms with Crippen LogP contribution in [0.4, 0.5) is 5.13 Å². The van der Waals surface area contributed by atoms with E-state index in [2.05, 4.69) is 20.6 Å². The minimum Gasteiger partial charge on any atom is -0.460 e. The summed E-state index contributed by atoms with van der Waals surface area (Å²) in [4.78, 5) is 59.1. The van der Waals surface area contributed by atoms with Crippen LogP contribution in [0.1, 0.15) is 55.4 Å². The molecule has 13 heteroatoms. The molecule has 1 fully saturated rings. The second-order valence-electron chi connectivity index (χ2n) is 8.96. The van der Waals surface area contributed by atoms with Crippen LogP contribution in [0.25, 0.3) is 0 Å². The Kier molecular flexibility index (Phi) is 9.50. The Labute approximate surface area is 202 Å². The van der Waals surface area contributed by atoms with E-state index < -0.39 is 23.5 Å². The standard InChI is InChI=1S/C21H33N7O5S/c1-12-17(34-20(25-12)27-19(22)23)18(32)24-10-15(30)26-13-11-28(9-7-14(13)29)8-5-6-16(31)33-21(2,3)4/h13H,5-11H2,1-4H3,(H,24,32)(H,26,30)(H4,22,23,25,27)/t13-/m0/s1. The van der Waals surface area contributed by atoms with E-state index in [1.54, 1.807) is 6.92 Å². The van der Waals surface area contributed by atoms with Crippen LogP contribution in [0.15, 0.2) is 4.99 Å². The van der Waals surface area contributed by atoms with E-state index in [-0.39, 0.29) is 40.7 Å². The van der Waals surface area contributed by atoms with Crippen LogP contribution < -0.4 is 22.1 Å². The second kappa shape index (κ2) is 11.9. The molecule has 0 saturated carbocycles. The van der Waals surface area contributed by atoms with Crippen LogP contribution in [0, 0.1) is 6.92 Å². The minimum absolute atomic E-state index is 0.0664. The SMILES string of the molecule is Cc1nc(N=C(N)N)sc1C(=O)NCC(=O)N[C@H]1CN(CCCC(=O)OC(C)(C)C)CCC1=O. The predicted octanol–water partition coefficient (Wildman–Crippen LogP) is -0.0323. The fraction of sp³-hybridized carbons (Fsp3) is 0.619. The van der Waals surface area contributed by atoms with Gasteiger partial charge >= 0.3 is 5.97 Å². The van der Waals surface area contributed by atoms with Crippen molar-refractivity contribution in [2.75, 3.05) is 26.2 Å². The highest BCUT2D eigenvalue weighted by Crippen LogP contribution is 2.24. The Balaban J connectivity index is 1.79. The van der Waals surface area contributed by atoms with Crippen LogP contribution in [-0.4, -0.2) is 77.2 Å². The molecule has 0 aliphatic carbocycles. The number of Topliss-reactive ketones (excluding diaryl/α,β-unsaturated/α-hetero) is 1. The van der Waals surface area contributed by atoms with Gasteiger partial charge in [0.05, 0.1) is 12.2 Å². The molecule has 1 aliphatic rings. The molecule has 0 aromatic carbocycles. The van der Waals surface area contributed by atoms with Crippen molar-refractivity contribution in [2.45, 2.75) is 58.6 Å². The molecule has 0 radical (unpaired) electrons. The lowest BCUT2D eigenvalue weighted by molar-refractivity contribution is -0.155. The van der Waals surface area contributed by atoms with Gasteiger partial charge in [-0.3, -0.25) is 19.2 Å². The number of nitrogens with two attached hydrogens (primary N) is 2. The highest BCUT2D eigenvalue weighted by Gasteiger charge is 2.28. The van der Waals surface area contributed by atoms with Crippen LogP contribution in [0.5, 0.6) is 0 Å². The number of ketones is 1. The number of carbonyl (C=O) groups is 4. The number of guanidine groups is 1. The minimum atomic E-state index is -0.668. The number of nitrogens with one attached hydrogen (secondary N) is 2. The lowest BCUT2D eigenvalue weighted by atomic mass is 10.0. The van der Waals surface area contributed by atoms with E-state index in [0.717, 1.165) is 11.3 Å². The topological polar surface area (TPSA) is 182 Å². The fourth-order valence-electron chi connectivity index (χ4n) is 3.30. The summed E-state index contributed by atoms with van der Waals surface area (Å²) in [6.07, 6.45) is 1.18. The van der Waals surface area contributed by atoms with Gasteiger partial charge in [-0.1, -0.05) is 11.3 Å². The molecule has 2 amide bonds. The van der Waals surface area contributed by atoms with Crippen molar-refractivity contribution in [3.63, 3.8) is 0 Å².